The topological polar surface area (TPSA) is 89.2 Å². The van der Waals surface area contributed by atoms with Gasteiger partial charge in [-0.15, -0.1) is 0 Å². The largest absolute Gasteiger partial charge is 0.465 e. The Balaban J connectivity index is 1.57. The molecule has 3 rings (SSSR count). The van der Waals surface area contributed by atoms with Gasteiger partial charge in [0, 0.05) is 31.3 Å². The number of aromatic nitrogens is 2. The summed E-state index contributed by atoms with van der Waals surface area (Å²) in [6.07, 6.45) is -0.467. The van der Waals surface area contributed by atoms with Crippen LogP contribution in [0.2, 0.25) is 0 Å². The Kier molecular flexibility index (Phi) is 7.37. The zero-order chi connectivity index (χ0) is 24.0. The minimum absolute atomic E-state index is 0.0379. The van der Waals surface area contributed by atoms with Crippen molar-refractivity contribution in [3.05, 3.63) is 77.0 Å². The first-order valence-electron chi connectivity index (χ1n) is 10.1. The van der Waals surface area contributed by atoms with Gasteiger partial charge in [-0.25, -0.2) is 4.68 Å². The van der Waals surface area contributed by atoms with Crippen LogP contribution >= 0.6 is 0 Å². The second-order valence-corrected chi connectivity index (χ2v) is 7.34. The minimum Gasteiger partial charge on any atom is -0.465 e. The Morgan fingerprint density at radius 3 is 2.58 bits per heavy atom. The molecular weight excluding hydrogens is 437 g/mol. The standard InChI is InChI=1S/C23H23F3N4O3/c1-15-12-16(2)30(29-15)18-6-5-17(20(13-18)23(24,25)26)14-28-22(32)9-10-27-21(31)8-7-19-4-3-11-33-19/h3-8,11-13H,9-10,14H2,1-2H3,(H,27,31)(H,28,32). The second-order valence-electron chi connectivity index (χ2n) is 7.34. The summed E-state index contributed by atoms with van der Waals surface area (Å²) in [4.78, 5) is 23.8. The van der Waals surface area contributed by atoms with Gasteiger partial charge in [0.2, 0.25) is 11.8 Å². The number of alkyl halides is 3. The van der Waals surface area contributed by atoms with Crippen molar-refractivity contribution >= 4 is 17.9 Å². The maximum atomic E-state index is 13.6. The molecule has 1 aromatic carbocycles. The van der Waals surface area contributed by atoms with Crippen molar-refractivity contribution in [2.45, 2.75) is 33.0 Å². The number of nitrogens with zero attached hydrogens (tertiary/aromatic N) is 2. The van der Waals surface area contributed by atoms with E-state index in [-0.39, 0.29) is 30.8 Å². The molecule has 0 spiro atoms. The molecule has 2 amide bonds. The summed E-state index contributed by atoms with van der Waals surface area (Å²) >= 11 is 0. The molecule has 0 unspecified atom stereocenters. The average Bonchev–Trinajstić information content (AvgIpc) is 3.39. The minimum atomic E-state index is -4.60. The van der Waals surface area contributed by atoms with Gasteiger partial charge in [-0.2, -0.15) is 18.3 Å². The van der Waals surface area contributed by atoms with E-state index < -0.39 is 23.6 Å². The summed E-state index contributed by atoms with van der Waals surface area (Å²) in [6.45, 7) is 3.26. The van der Waals surface area contributed by atoms with E-state index in [4.69, 9.17) is 4.42 Å². The van der Waals surface area contributed by atoms with E-state index in [2.05, 4.69) is 15.7 Å². The first kappa shape index (κ1) is 23.8. The summed E-state index contributed by atoms with van der Waals surface area (Å²) < 4.78 is 47.4. The maximum absolute atomic E-state index is 13.6. The summed E-state index contributed by atoms with van der Waals surface area (Å²) in [7, 11) is 0. The van der Waals surface area contributed by atoms with Crippen LogP contribution in [-0.2, 0) is 22.3 Å². The molecule has 0 radical (unpaired) electrons. The molecule has 7 nitrogen and oxygen atoms in total. The van der Waals surface area contributed by atoms with E-state index in [1.165, 1.54) is 35.2 Å². The van der Waals surface area contributed by atoms with E-state index in [0.717, 1.165) is 6.07 Å². The van der Waals surface area contributed by atoms with Gasteiger partial charge < -0.3 is 15.1 Å². The molecule has 2 heterocycles. The molecule has 0 saturated heterocycles. The monoisotopic (exact) mass is 460 g/mol. The first-order chi connectivity index (χ1) is 15.6. The van der Waals surface area contributed by atoms with Gasteiger partial charge in [0.25, 0.3) is 0 Å². The Bertz CT molecular complexity index is 1150. The van der Waals surface area contributed by atoms with Crippen LogP contribution in [0.1, 0.15) is 34.7 Å². The second kappa shape index (κ2) is 10.2. The fraction of sp³-hybridized carbons (Fsp3) is 0.261. The number of carbonyl (C=O) groups excluding carboxylic acids is 2. The average molecular weight is 460 g/mol. The Morgan fingerprint density at radius 2 is 1.94 bits per heavy atom. The molecule has 0 atom stereocenters. The molecule has 2 N–H and O–H groups in total. The highest BCUT2D eigenvalue weighted by molar-refractivity contribution is 5.91. The van der Waals surface area contributed by atoms with Gasteiger partial charge in [0.05, 0.1) is 23.2 Å². The number of carbonyl (C=O) groups is 2. The smallest absolute Gasteiger partial charge is 0.416 e. The molecule has 3 aromatic rings. The fourth-order valence-corrected chi connectivity index (χ4v) is 3.19. The number of rotatable bonds is 8. The highest BCUT2D eigenvalue weighted by Gasteiger charge is 2.34. The van der Waals surface area contributed by atoms with Crippen molar-refractivity contribution in [1.29, 1.82) is 0 Å². The molecular formula is C23H23F3N4O3. The van der Waals surface area contributed by atoms with Crippen LogP contribution in [0.4, 0.5) is 13.2 Å². The predicted octanol–water partition coefficient (Wildman–Crippen LogP) is 3.94. The number of hydrogen-bond acceptors (Lipinski definition) is 4. The molecule has 2 aromatic heterocycles. The molecule has 0 aliphatic heterocycles. The van der Waals surface area contributed by atoms with Crippen molar-refractivity contribution in [2.24, 2.45) is 0 Å². The SMILES string of the molecule is Cc1cc(C)n(-c2ccc(CNC(=O)CCNC(=O)C=Cc3ccco3)c(C(F)(F)F)c2)n1. The highest BCUT2D eigenvalue weighted by atomic mass is 19.4. The molecule has 174 valence electrons. The van der Waals surface area contributed by atoms with Gasteiger partial charge in [0.15, 0.2) is 0 Å². The van der Waals surface area contributed by atoms with Crippen LogP contribution in [0.5, 0.6) is 0 Å². The number of halogens is 3. The normalized spacial score (nSPS) is 11.7. The van der Waals surface area contributed by atoms with Gasteiger partial charge in [-0.1, -0.05) is 6.07 Å². The van der Waals surface area contributed by atoms with Crippen LogP contribution in [0.25, 0.3) is 11.8 Å². The van der Waals surface area contributed by atoms with Gasteiger partial charge in [-0.3, -0.25) is 9.59 Å². The predicted molar refractivity (Wildman–Crippen MR) is 115 cm³/mol. The molecule has 10 heteroatoms. The number of aryl methyl sites for hydroxylation is 2. The number of benzene rings is 1. The van der Waals surface area contributed by atoms with Crippen LogP contribution in [-0.4, -0.2) is 28.1 Å². The van der Waals surface area contributed by atoms with E-state index in [1.807, 2.05) is 0 Å². The van der Waals surface area contributed by atoms with Gasteiger partial charge in [-0.05, 0) is 55.8 Å². The zero-order valence-electron chi connectivity index (χ0n) is 18.1. The van der Waals surface area contributed by atoms with Crippen LogP contribution in [0.3, 0.4) is 0 Å². The lowest BCUT2D eigenvalue weighted by Crippen LogP contribution is -2.30. The molecule has 0 saturated carbocycles. The number of hydrogen-bond donors (Lipinski definition) is 2. The van der Waals surface area contributed by atoms with Gasteiger partial charge in [0.1, 0.15) is 5.76 Å². The van der Waals surface area contributed by atoms with Crippen molar-refractivity contribution in [1.82, 2.24) is 20.4 Å². The summed E-state index contributed by atoms with van der Waals surface area (Å²) in [5, 5.41) is 9.21. The van der Waals surface area contributed by atoms with E-state index in [9.17, 15) is 22.8 Å². The van der Waals surface area contributed by atoms with E-state index in [0.29, 0.717) is 17.1 Å². The van der Waals surface area contributed by atoms with Crippen LogP contribution in [0, 0.1) is 13.8 Å². The first-order valence-corrected chi connectivity index (χ1v) is 10.1. The summed E-state index contributed by atoms with van der Waals surface area (Å²) in [6, 6.07) is 9.01. The molecule has 0 bridgehead atoms. The molecule has 0 aliphatic rings. The van der Waals surface area contributed by atoms with Crippen molar-refractivity contribution < 1.29 is 27.2 Å². The van der Waals surface area contributed by atoms with E-state index in [1.54, 1.807) is 32.0 Å². The summed E-state index contributed by atoms with van der Waals surface area (Å²) in [5.74, 6) is -0.397. The Labute approximate surface area is 188 Å². The zero-order valence-corrected chi connectivity index (χ0v) is 18.1. The summed E-state index contributed by atoms with van der Waals surface area (Å²) in [5.41, 5.74) is 0.785. The third-order valence-corrected chi connectivity index (χ3v) is 4.72. The third kappa shape index (κ3) is 6.58. The lowest BCUT2D eigenvalue weighted by Gasteiger charge is -2.16. The molecule has 0 fully saturated rings. The van der Waals surface area contributed by atoms with Crippen LogP contribution < -0.4 is 10.6 Å². The Hall–Kier alpha value is -3.82. The Morgan fingerprint density at radius 1 is 1.15 bits per heavy atom. The van der Waals surface area contributed by atoms with E-state index >= 15 is 0 Å². The van der Waals surface area contributed by atoms with Crippen molar-refractivity contribution in [3.63, 3.8) is 0 Å². The quantitative estimate of drug-likeness (QED) is 0.499. The number of nitrogens with one attached hydrogen (secondary N) is 2. The van der Waals surface area contributed by atoms with Crippen molar-refractivity contribution in [3.8, 4) is 5.69 Å². The molecule has 33 heavy (non-hydrogen) atoms. The fourth-order valence-electron chi connectivity index (χ4n) is 3.19. The number of amides is 2. The lowest BCUT2D eigenvalue weighted by atomic mass is 10.1. The van der Waals surface area contributed by atoms with Gasteiger partial charge >= 0.3 is 6.18 Å². The maximum Gasteiger partial charge on any atom is 0.416 e. The lowest BCUT2D eigenvalue weighted by molar-refractivity contribution is -0.138. The van der Waals surface area contributed by atoms with Crippen molar-refractivity contribution in [2.75, 3.05) is 6.54 Å². The number of furan rings is 1. The molecule has 0 aliphatic carbocycles. The van der Waals surface area contributed by atoms with Crippen LogP contribution in [0.15, 0.2) is 53.2 Å². The third-order valence-electron chi connectivity index (χ3n) is 4.72. The highest BCUT2D eigenvalue weighted by Crippen LogP contribution is 2.33.